The Balaban J connectivity index is 1.19. The van der Waals surface area contributed by atoms with Crippen molar-refractivity contribution in [3.8, 4) is 0 Å². The summed E-state index contributed by atoms with van der Waals surface area (Å²) in [6.07, 6.45) is 0. The van der Waals surface area contributed by atoms with Gasteiger partial charge in [-0.1, -0.05) is 60.7 Å². The molecule has 2 saturated heterocycles. The molecule has 108 valence electrons. The maximum Gasteiger partial charge on any atom is 0.0599 e. The second-order valence-corrected chi connectivity index (χ2v) is 8.32. The van der Waals surface area contributed by atoms with Gasteiger partial charge in [-0.3, -0.25) is 0 Å². The average molecular weight is 314 g/mol. The van der Waals surface area contributed by atoms with Crippen LogP contribution in [0.2, 0.25) is 0 Å². The van der Waals surface area contributed by atoms with Gasteiger partial charge in [0.05, 0.1) is 13.2 Å². The summed E-state index contributed by atoms with van der Waals surface area (Å²) in [6.45, 7) is 1.78. The van der Waals surface area contributed by atoms with Gasteiger partial charge in [0.2, 0.25) is 0 Å². The third-order valence-corrected chi connectivity index (χ3v) is 6.66. The van der Waals surface area contributed by atoms with Crippen LogP contribution in [0.1, 0.15) is 21.6 Å². The van der Waals surface area contributed by atoms with Crippen molar-refractivity contribution in [3.05, 3.63) is 71.8 Å². The van der Waals surface area contributed by atoms with Gasteiger partial charge in [-0.05, 0) is 11.1 Å². The smallest absolute Gasteiger partial charge is 0.0599 e. The van der Waals surface area contributed by atoms with E-state index in [1.807, 2.05) is 23.5 Å². The molecule has 0 aliphatic carbocycles. The van der Waals surface area contributed by atoms with E-state index in [2.05, 4.69) is 60.7 Å². The van der Waals surface area contributed by atoms with Crippen molar-refractivity contribution in [2.24, 2.45) is 0 Å². The maximum absolute atomic E-state index is 5.94. The van der Waals surface area contributed by atoms with Crippen molar-refractivity contribution in [2.45, 2.75) is 21.0 Å². The molecule has 0 aromatic heterocycles. The van der Waals surface area contributed by atoms with Crippen LogP contribution in [0.3, 0.4) is 0 Å². The third kappa shape index (κ3) is 3.31. The van der Waals surface area contributed by atoms with Gasteiger partial charge in [-0.15, -0.1) is 23.5 Å². The third-order valence-electron chi connectivity index (χ3n) is 3.99. The zero-order valence-corrected chi connectivity index (χ0v) is 13.4. The molecule has 4 atom stereocenters. The fraction of sp³-hybridized carbons (Fsp3) is 0.333. The number of hydrogen-bond donors (Lipinski definition) is 0. The standard InChI is InChI=1S/C18H18OS2/c1-3-7-13(8-4-1)17-15(20-17)11-19-12-16-18(21-16)14-9-5-2-6-10-14/h1-10,15-18H,11-12H2. The molecule has 3 heteroatoms. The number of rotatable bonds is 6. The van der Waals surface area contributed by atoms with Gasteiger partial charge >= 0.3 is 0 Å². The predicted octanol–water partition coefficient (Wildman–Crippen LogP) is 4.72. The van der Waals surface area contributed by atoms with Crippen LogP contribution in [0, 0.1) is 0 Å². The van der Waals surface area contributed by atoms with E-state index in [4.69, 9.17) is 4.74 Å². The van der Waals surface area contributed by atoms with Gasteiger partial charge in [-0.2, -0.15) is 0 Å². The molecule has 21 heavy (non-hydrogen) atoms. The lowest BCUT2D eigenvalue weighted by molar-refractivity contribution is 0.145. The summed E-state index contributed by atoms with van der Waals surface area (Å²) in [7, 11) is 0. The van der Waals surface area contributed by atoms with Crippen LogP contribution < -0.4 is 0 Å². The highest BCUT2D eigenvalue weighted by Gasteiger charge is 2.42. The number of thioether (sulfide) groups is 2. The highest BCUT2D eigenvalue weighted by molar-refractivity contribution is 8.07. The van der Waals surface area contributed by atoms with E-state index in [0.29, 0.717) is 21.0 Å². The van der Waals surface area contributed by atoms with Crippen LogP contribution in [0.15, 0.2) is 60.7 Å². The lowest BCUT2D eigenvalue weighted by atomic mass is 10.1. The monoisotopic (exact) mass is 314 g/mol. The Hall–Kier alpha value is -0.900. The predicted molar refractivity (Wildman–Crippen MR) is 91.9 cm³/mol. The van der Waals surface area contributed by atoms with Gasteiger partial charge in [0.25, 0.3) is 0 Å². The summed E-state index contributed by atoms with van der Waals surface area (Å²) in [5, 5.41) is 2.63. The van der Waals surface area contributed by atoms with E-state index in [9.17, 15) is 0 Å². The highest BCUT2D eigenvalue weighted by atomic mass is 32.2. The molecule has 4 unspecified atom stereocenters. The van der Waals surface area contributed by atoms with Crippen molar-refractivity contribution in [1.82, 2.24) is 0 Å². The lowest BCUT2D eigenvalue weighted by Crippen LogP contribution is -2.07. The second kappa shape index (κ2) is 6.07. The highest BCUT2D eigenvalue weighted by Crippen LogP contribution is 2.56. The van der Waals surface area contributed by atoms with Crippen LogP contribution in [0.5, 0.6) is 0 Å². The quantitative estimate of drug-likeness (QED) is 0.714. The number of ether oxygens (including phenoxy) is 1. The molecule has 0 spiro atoms. The molecule has 2 aliphatic rings. The molecule has 2 aromatic rings. The van der Waals surface area contributed by atoms with Crippen molar-refractivity contribution in [1.29, 1.82) is 0 Å². The van der Waals surface area contributed by atoms with E-state index in [0.717, 1.165) is 13.2 Å². The van der Waals surface area contributed by atoms with Gasteiger partial charge in [-0.25, -0.2) is 0 Å². The Morgan fingerprint density at radius 2 is 1.10 bits per heavy atom. The van der Waals surface area contributed by atoms with E-state index in [1.165, 1.54) is 11.1 Å². The van der Waals surface area contributed by atoms with Crippen LogP contribution in [-0.2, 0) is 4.74 Å². The van der Waals surface area contributed by atoms with E-state index in [-0.39, 0.29) is 0 Å². The first-order chi connectivity index (χ1) is 10.4. The van der Waals surface area contributed by atoms with Crippen LogP contribution in [-0.4, -0.2) is 23.7 Å². The minimum atomic E-state index is 0.656. The summed E-state index contributed by atoms with van der Waals surface area (Å²) in [5.74, 6) is 0. The molecule has 0 amide bonds. The fourth-order valence-electron chi connectivity index (χ4n) is 2.71. The van der Waals surface area contributed by atoms with Gasteiger partial charge in [0.1, 0.15) is 0 Å². The molecule has 0 bridgehead atoms. The van der Waals surface area contributed by atoms with Crippen molar-refractivity contribution in [3.63, 3.8) is 0 Å². The minimum absolute atomic E-state index is 0.656. The fourth-order valence-corrected chi connectivity index (χ4v) is 4.73. The molecule has 0 N–H and O–H groups in total. The molecule has 2 aromatic carbocycles. The van der Waals surface area contributed by atoms with Crippen molar-refractivity contribution < 1.29 is 4.74 Å². The average Bonchev–Trinajstić information content (AvgIpc) is 3.45. The maximum atomic E-state index is 5.94. The first-order valence-corrected chi connectivity index (χ1v) is 9.29. The Morgan fingerprint density at radius 1 is 0.667 bits per heavy atom. The van der Waals surface area contributed by atoms with E-state index < -0.39 is 0 Å². The second-order valence-electron chi connectivity index (χ2n) is 5.55. The molecule has 2 aliphatic heterocycles. The first-order valence-electron chi connectivity index (χ1n) is 7.40. The lowest BCUT2D eigenvalue weighted by Gasteiger charge is -2.02. The first kappa shape index (κ1) is 13.7. The summed E-state index contributed by atoms with van der Waals surface area (Å²) in [5.41, 5.74) is 2.89. The Morgan fingerprint density at radius 3 is 1.52 bits per heavy atom. The van der Waals surface area contributed by atoms with Gasteiger partial charge in [0, 0.05) is 21.0 Å². The molecule has 0 saturated carbocycles. The van der Waals surface area contributed by atoms with Gasteiger partial charge < -0.3 is 4.74 Å². The molecule has 0 radical (unpaired) electrons. The zero-order chi connectivity index (χ0) is 14.1. The summed E-state index contributed by atoms with van der Waals surface area (Å²) >= 11 is 4.05. The zero-order valence-electron chi connectivity index (χ0n) is 11.7. The van der Waals surface area contributed by atoms with Gasteiger partial charge in [0.15, 0.2) is 0 Å². The normalized spacial score (nSPS) is 30.1. The van der Waals surface area contributed by atoms with E-state index >= 15 is 0 Å². The van der Waals surface area contributed by atoms with Crippen LogP contribution in [0.25, 0.3) is 0 Å². The molecule has 2 fully saturated rings. The number of benzene rings is 2. The molecule has 4 rings (SSSR count). The Kier molecular flexibility index (Phi) is 3.97. The number of hydrogen-bond acceptors (Lipinski definition) is 3. The molecular weight excluding hydrogens is 296 g/mol. The molecular formula is C18H18OS2. The van der Waals surface area contributed by atoms with E-state index in [1.54, 1.807) is 0 Å². The van der Waals surface area contributed by atoms with Crippen LogP contribution >= 0.6 is 23.5 Å². The summed E-state index contributed by atoms with van der Waals surface area (Å²) in [4.78, 5) is 0. The van der Waals surface area contributed by atoms with Crippen molar-refractivity contribution in [2.75, 3.05) is 13.2 Å². The molecule has 1 nitrogen and oxygen atoms in total. The summed E-state index contributed by atoms with van der Waals surface area (Å²) < 4.78 is 5.94. The van der Waals surface area contributed by atoms with Crippen LogP contribution in [0.4, 0.5) is 0 Å². The minimum Gasteiger partial charge on any atom is -0.379 e. The largest absolute Gasteiger partial charge is 0.379 e. The topological polar surface area (TPSA) is 9.23 Å². The Bertz CT molecular complexity index is 533. The Labute approximate surface area is 134 Å². The SMILES string of the molecule is c1ccc(C2SC2COCC2SC2c2ccccc2)cc1. The van der Waals surface area contributed by atoms with Crippen molar-refractivity contribution >= 4 is 23.5 Å². The summed E-state index contributed by atoms with van der Waals surface area (Å²) in [6, 6.07) is 21.5. The molecule has 2 heterocycles.